The maximum absolute atomic E-state index is 12.0. The average molecular weight is 369 g/mol. The van der Waals surface area contributed by atoms with Gasteiger partial charge in [-0.2, -0.15) is 0 Å². The highest BCUT2D eigenvalue weighted by molar-refractivity contribution is 6.33. The number of nitrogens with zero attached hydrogens (tertiary/aromatic N) is 1. The molecule has 1 fully saturated rings. The number of amides is 1. The van der Waals surface area contributed by atoms with Crippen LogP contribution in [0.25, 0.3) is 0 Å². The molecule has 0 saturated heterocycles. The highest BCUT2D eigenvalue weighted by Gasteiger charge is 2.28. The molecule has 25 heavy (non-hydrogen) atoms. The molecule has 7 nitrogen and oxygen atoms in total. The van der Waals surface area contributed by atoms with Gasteiger partial charge in [0.25, 0.3) is 11.6 Å². The van der Waals surface area contributed by atoms with E-state index in [1.54, 1.807) is 0 Å². The van der Waals surface area contributed by atoms with E-state index in [0.717, 1.165) is 25.3 Å². The van der Waals surface area contributed by atoms with Crippen molar-refractivity contribution in [3.05, 3.63) is 38.9 Å². The lowest BCUT2D eigenvalue weighted by Crippen LogP contribution is -2.45. The normalized spacial score (nSPS) is 22.9. The molecule has 2 rings (SSSR count). The minimum atomic E-state index is -0.867. The Balaban J connectivity index is 1.92. The second-order valence-electron chi connectivity index (χ2n) is 6.44. The number of rotatable bonds is 5. The van der Waals surface area contributed by atoms with E-state index in [1.807, 2.05) is 0 Å². The maximum Gasteiger partial charge on any atom is 0.340 e. The van der Waals surface area contributed by atoms with E-state index in [-0.39, 0.29) is 28.2 Å². The number of halogens is 1. The van der Waals surface area contributed by atoms with Gasteiger partial charge in [0, 0.05) is 18.2 Å². The van der Waals surface area contributed by atoms with Gasteiger partial charge in [-0.05, 0) is 24.3 Å². The molecule has 1 aliphatic rings. The number of nitro benzene ring substituents is 1. The van der Waals surface area contributed by atoms with Gasteiger partial charge < -0.3 is 10.1 Å². The van der Waals surface area contributed by atoms with Crippen LogP contribution in [0.3, 0.4) is 0 Å². The summed E-state index contributed by atoms with van der Waals surface area (Å²) in [7, 11) is 0. The number of carbonyl (C=O) groups excluding carboxylic acids is 2. The lowest BCUT2D eigenvalue weighted by atomic mass is 9.78. The lowest BCUT2D eigenvalue weighted by molar-refractivity contribution is -0.384. The van der Waals surface area contributed by atoms with E-state index in [4.69, 9.17) is 16.3 Å². The van der Waals surface area contributed by atoms with Crippen molar-refractivity contribution in [3.63, 3.8) is 0 Å². The summed E-state index contributed by atoms with van der Waals surface area (Å²) in [4.78, 5) is 34.2. The molecule has 0 unspecified atom stereocenters. The maximum atomic E-state index is 12.0. The molecular weight excluding hydrogens is 348 g/mol. The van der Waals surface area contributed by atoms with Gasteiger partial charge in [-0.15, -0.1) is 0 Å². The van der Waals surface area contributed by atoms with Gasteiger partial charge in [0.05, 0.1) is 15.5 Å². The van der Waals surface area contributed by atoms with Crippen LogP contribution < -0.4 is 5.32 Å². The zero-order chi connectivity index (χ0) is 18.6. The number of nitro groups is 1. The largest absolute Gasteiger partial charge is 0.452 e. The molecule has 0 aliphatic heterocycles. The zero-order valence-electron chi connectivity index (χ0n) is 14.2. The summed E-state index contributed by atoms with van der Waals surface area (Å²) in [5, 5.41) is 13.7. The first-order valence-corrected chi connectivity index (χ1v) is 8.57. The van der Waals surface area contributed by atoms with Crippen LogP contribution in [0.15, 0.2) is 18.2 Å². The number of carbonyl (C=O) groups is 2. The quantitative estimate of drug-likeness (QED) is 0.488. The number of ether oxygens (including phenoxy) is 1. The van der Waals surface area contributed by atoms with Gasteiger partial charge in [0.1, 0.15) is 0 Å². The Hall–Kier alpha value is -2.15. The fourth-order valence-corrected chi connectivity index (χ4v) is 3.22. The van der Waals surface area contributed by atoms with E-state index in [2.05, 4.69) is 19.2 Å². The van der Waals surface area contributed by atoms with Gasteiger partial charge >= 0.3 is 5.97 Å². The van der Waals surface area contributed by atoms with Gasteiger partial charge in [-0.1, -0.05) is 38.3 Å². The summed E-state index contributed by atoms with van der Waals surface area (Å²) in [6.45, 7) is 3.81. The second kappa shape index (κ2) is 8.29. The van der Waals surface area contributed by atoms with Gasteiger partial charge in [0.15, 0.2) is 6.61 Å². The summed E-state index contributed by atoms with van der Waals surface area (Å²) in [6, 6.07) is 3.54. The summed E-state index contributed by atoms with van der Waals surface area (Å²) < 4.78 is 4.95. The Morgan fingerprint density at radius 3 is 2.76 bits per heavy atom. The fraction of sp³-hybridized carbons (Fsp3) is 0.529. The minimum Gasteiger partial charge on any atom is -0.452 e. The average Bonchev–Trinajstić information content (AvgIpc) is 2.57. The molecule has 3 atom stereocenters. The van der Waals surface area contributed by atoms with Crippen molar-refractivity contribution < 1.29 is 19.2 Å². The van der Waals surface area contributed by atoms with Crippen molar-refractivity contribution in [2.24, 2.45) is 11.8 Å². The molecule has 0 heterocycles. The summed E-state index contributed by atoms with van der Waals surface area (Å²) in [6.07, 6.45) is 3.11. The van der Waals surface area contributed by atoms with Crippen molar-refractivity contribution in [2.45, 2.75) is 39.2 Å². The van der Waals surface area contributed by atoms with Crippen LogP contribution in [0.4, 0.5) is 5.69 Å². The Morgan fingerprint density at radius 2 is 2.08 bits per heavy atom. The van der Waals surface area contributed by atoms with Crippen LogP contribution in [0.2, 0.25) is 5.02 Å². The molecule has 0 spiro atoms. The van der Waals surface area contributed by atoms with Gasteiger partial charge in [0.2, 0.25) is 0 Å². The molecule has 1 aromatic carbocycles. The molecule has 0 aromatic heterocycles. The number of benzene rings is 1. The number of nitrogens with one attached hydrogen (secondary N) is 1. The van der Waals surface area contributed by atoms with Gasteiger partial charge in [-0.3, -0.25) is 14.9 Å². The van der Waals surface area contributed by atoms with E-state index >= 15 is 0 Å². The fourth-order valence-electron chi connectivity index (χ4n) is 3.03. The predicted octanol–water partition coefficient (Wildman–Crippen LogP) is 3.35. The summed E-state index contributed by atoms with van der Waals surface area (Å²) >= 11 is 5.88. The van der Waals surface area contributed by atoms with Crippen molar-refractivity contribution in [1.29, 1.82) is 0 Å². The highest BCUT2D eigenvalue weighted by Crippen LogP contribution is 2.29. The molecule has 1 aromatic rings. The Morgan fingerprint density at radius 1 is 1.36 bits per heavy atom. The highest BCUT2D eigenvalue weighted by atomic mass is 35.5. The van der Waals surface area contributed by atoms with E-state index < -0.39 is 17.5 Å². The summed E-state index contributed by atoms with van der Waals surface area (Å²) in [5.74, 6) is -0.361. The predicted molar refractivity (Wildman–Crippen MR) is 92.5 cm³/mol. The Bertz CT molecular complexity index is 679. The third-order valence-corrected chi connectivity index (χ3v) is 5.10. The number of esters is 1. The molecule has 0 bridgehead atoms. The smallest absolute Gasteiger partial charge is 0.340 e. The molecule has 1 aliphatic carbocycles. The second-order valence-corrected chi connectivity index (χ2v) is 6.85. The first kappa shape index (κ1) is 19.2. The molecule has 1 saturated carbocycles. The van der Waals surface area contributed by atoms with Crippen LogP contribution in [0.1, 0.15) is 43.5 Å². The number of non-ortho nitro benzene ring substituents is 1. The SMILES string of the molecule is C[C@@H]1[C@H](C)CCC[C@@H]1NC(=O)COC(=O)c1cc([N+](=O)[O-])ccc1Cl. The van der Waals surface area contributed by atoms with Crippen LogP contribution in [0, 0.1) is 22.0 Å². The van der Waals surface area contributed by atoms with Crippen molar-refractivity contribution in [1.82, 2.24) is 5.32 Å². The third-order valence-electron chi connectivity index (χ3n) is 4.77. The molecular formula is C17H21ClN2O5. The van der Waals surface area contributed by atoms with Crippen molar-refractivity contribution in [2.75, 3.05) is 6.61 Å². The standard InChI is InChI=1S/C17H21ClN2O5/c1-10-4-3-5-15(11(10)2)19-16(21)9-25-17(22)13-8-12(20(23)24)6-7-14(13)18/h6-8,10-11,15H,3-5,9H2,1-2H3,(H,19,21)/t10-,11-,15+/m1/s1. The van der Waals surface area contributed by atoms with E-state index in [9.17, 15) is 19.7 Å². The molecule has 1 amide bonds. The van der Waals surface area contributed by atoms with Crippen molar-refractivity contribution >= 4 is 29.2 Å². The van der Waals surface area contributed by atoms with E-state index in [1.165, 1.54) is 12.1 Å². The van der Waals surface area contributed by atoms with Crippen LogP contribution in [0.5, 0.6) is 0 Å². The van der Waals surface area contributed by atoms with Crippen LogP contribution in [-0.4, -0.2) is 29.4 Å². The summed E-state index contributed by atoms with van der Waals surface area (Å²) in [5.41, 5.74) is -0.408. The monoisotopic (exact) mass is 368 g/mol. The Labute approximate surface area is 150 Å². The third kappa shape index (κ3) is 4.92. The number of hydrogen-bond donors (Lipinski definition) is 1. The first-order valence-electron chi connectivity index (χ1n) is 8.20. The molecule has 136 valence electrons. The minimum absolute atomic E-state index is 0.0331. The molecule has 0 radical (unpaired) electrons. The van der Waals surface area contributed by atoms with E-state index in [0.29, 0.717) is 11.8 Å². The topological polar surface area (TPSA) is 98.5 Å². The lowest BCUT2D eigenvalue weighted by Gasteiger charge is -2.34. The van der Waals surface area contributed by atoms with Gasteiger partial charge in [-0.25, -0.2) is 4.79 Å². The first-order chi connectivity index (χ1) is 11.8. The molecule has 8 heteroatoms. The Kier molecular flexibility index (Phi) is 6.36. The zero-order valence-corrected chi connectivity index (χ0v) is 14.9. The van der Waals surface area contributed by atoms with Crippen molar-refractivity contribution in [3.8, 4) is 0 Å². The van der Waals surface area contributed by atoms with Crippen LogP contribution >= 0.6 is 11.6 Å². The molecule has 1 N–H and O–H groups in total. The van der Waals surface area contributed by atoms with Crippen LogP contribution in [-0.2, 0) is 9.53 Å². The number of hydrogen-bond acceptors (Lipinski definition) is 5.